The Morgan fingerprint density at radius 1 is 1.31 bits per heavy atom. The molecule has 0 amide bonds. The summed E-state index contributed by atoms with van der Waals surface area (Å²) in [6.07, 6.45) is 2.23. The van der Waals surface area contributed by atoms with Crippen LogP contribution in [0.1, 0.15) is 36.2 Å². The predicted octanol–water partition coefficient (Wildman–Crippen LogP) is 4.32. The van der Waals surface area contributed by atoms with Gasteiger partial charge in [0.25, 0.3) is 0 Å². The highest BCUT2D eigenvalue weighted by atomic mass is 32.1. The van der Waals surface area contributed by atoms with Gasteiger partial charge >= 0.3 is 0 Å². The molecule has 4 aromatic rings. The summed E-state index contributed by atoms with van der Waals surface area (Å²) < 4.78 is 5.48. The number of likely N-dealkylation sites (tertiary alicyclic amines) is 1. The van der Waals surface area contributed by atoms with Gasteiger partial charge in [-0.25, -0.2) is 4.98 Å². The van der Waals surface area contributed by atoms with E-state index in [1.165, 1.54) is 5.56 Å². The van der Waals surface area contributed by atoms with E-state index in [1.807, 2.05) is 17.5 Å². The fourth-order valence-electron chi connectivity index (χ4n) is 3.62. The molecule has 1 aliphatic rings. The standard InChI is InChI=1S/C19H19N5OS/c1-12-6-7-13-14(10-12)21-18(20-13)15-4-2-8-24(15)11-17-22-19(23-25-17)16-5-3-9-26-16/h3,5-7,9-10,15H,2,4,8,11H2,1H3,(H,20,21)/t15-/m1/s1. The lowest BCUT2D eigenvalue weighted by Crippen LogP contribution is -2.23. The summed E-state index contributed by atoms with van der Waals surface area (Å²) in [4.78, 5) is 16.3. The molecule has 0 aliphatic carbocycles. The van der Waals surface area contributed by atoms with Crippen molar-refractivity contribution >= 4 is 22.4 Å². The third kappa shape index (κ3) is 2.83. The van der Waals surface area contributed by atoms with Crippen molar-refractivity contribution in [3.63, 3.8) is 0 Å². The van der Waals surface area contributed by atoms with E-state index in [0.717, 1.165) is 41.1 Å². The molecule has 4 heterocycles. The van der Waals surface area contributed by atoms with Gasteiger partial charge in [0.2, 0.25) is 11.7 Å². The number of fused-ring (bicyclic) bond motifs is 1. The molecule has 1 aromatic carbocycles. The topological polar surface area (TPSA) is 70.8 Å². The Hall–Kier alpha value is -2.51. The van der Waals surface area contributed by atoms with E-state index in [1.54, 1.807) is 11.3 Å². The fraction of sp³-hybridized carbons (Fsp3) is 0.316. The van der Waals surface area contributed by atoms with Crippen LogP contribution in [-0.4, -0.2) is 31.6 Å². The van der Waals surface area contributed by atoms with Gasteiger partial charge in [-0.05, 0) is 55.5 Å². The molecule has 1 fully saturated rings. The van der Waals surface area contributed by atoms with E-state index in [-0.39, 0.29) is 6.04 Å². The van der Waals surface area contributed by atoms with E-state index < -0.39 is 0 Å². The molecule has 1 atom stereocenters. The second-order valence-electron chi connectivity index (χ2n) is 6.76. The highest BCUT2D eigenvalue weighted by Crippen LogP contribution is 2.33. The summed E-state index contributed by atoms with van der Waals surface area (Å²) in [5.74, 6) is 2.36. The van der Waals surface area contributed by atoms with Crippen LogP contribution in [0, 0.1) is 6.92 Å². The molecular formula is C19H19N5OS. The smallest absolute Gasteiger partial charge is 0.241 e. The maximum atomic E-state index is 5.48. The minimum absolute atomic E-state index is 0.264. The van der Waals surface area contributed by atoms with Crippen molar-refractivity contribution in [2.24, 2.45) is 0 Å². The number of thiophene rings is 1. The average Bonchev–Trinajstić information content (AvgIpc) is 3.41. The van der Waals surface area contributed by atoms with Gasteiger partial charge in [0.1, 0.15) is 5.82 Å². The van der Waals surface area contributed by atoms with E-state index in [2.05, 4.69) is 45.1 Å². The summed E-state index contributed by atoms with van der Waals surface area (Å²) in [7, 11) is 0. The van der Waals surface area contributed by atoms with Crippen LogP contribution in [0.3, 0.4) is 0 Å². The monoisotopic (exact) mass is 365 g/mol. The molecule has 5 rings (SSSR count). The Bertz CT molecular complexity index is 1040. The summed E-state index contributed by atoms with van der Waals surface area (Å²) >= 11 is 1.62. The van der Waals surface area contributed by atoms with Crippen molar-refractivity contribution < 1.29 is 4.52 Å². The third-order valence-electron chi connectivity index (χ3n) is 4.88. The van der Waals surface area contributed by atoms with Gasteiger partial charge in [-0.3, -0.25) is 4.90 Å². The Labute approximate surface area is 154 Å². The lowest BCUT2D eigenvalue weighted by molar-refractivity contribution is 0.207. The second kappa shape index (κ2) is 6.34. The molecule has 0 bridgehead atoms. The molecule has 26 heavy (non-hydrogen) atoms. The van der Waals surface area contributed by atoms with Crippen LogP contribution in [0.2, 0.25) is 0 Å². The zero-order valence-electron chi connectivity index (χ0n) is 14.5. The summed E-state index contributed by atoms with van der Waals surface area (Å²) in [5, 5.41) is 6.14. The Balaban J connectivity index is 1.38. The normalized spacial score (nSPS) is 18.1. The van der Waals surface area contributed by atoms with E-state index in [9.17, 15) is 0 Å². The molecule has 6 nitrogen and oxygen atoms in total. The number of rotatable bonds is 4. The molecule has 0 unspecified atom stereocenters. The molecular weight excluding hydrogens is 346 g/mol. The van der Waals surface area contributed by atoms with Crippen LogP contribution < -0.4 is 0 Å². The number of nitrogens with one attached hydrogen (secondary N) is 1. The largest absolute Gasteiger partial charge is 0.341 e. The maximum Gasteiger partial charge on any atom is 0.241 e. The predicted molar refractivity (Wildman–Crippen MR) is 101 cm³/mol. The summed E-state index contributed by atoms with van der Waals surface area (Å²) in [5.41, 5.74) is 3.36. The van der Waals surface area contributed by atoms with Gasteiger partial charge in [-0.2, -0.15) is 4.98 Å². The van der Waals surface area contributed by atoms with Crippen LogP contribution in [0.25, 0.3) is 21.7 Å². The molecule has 0 radical (unpaired) electrons. The van der Waals surface area contributed by atoms with Crippen LogP contribution in [0.5, 0.6) is 0 Å². The maximum absolute atomic E-state index is 5.48. The Morgan fingerprint density at radius 2 is 2.27 bits per heavy atom. The van der Waals surface area contributed by atoms with E-state index in [4.69, 9.17) is 9.51 Å². The van der Waals surface area contributed by atoms with Crippen LogP contribution in [-0.2, 0) is 6.54 Å². The summed E-state index contributed by atoms with van der Waals surface area (Å²) in [6.45, 7) is 3.76. The number of aryl methyl sites for hydroxylation is 1. The summed E-state index contributed by atoms with van der Waals surface area (Å²) in [6, 6.07) is 10.6. The van der Waals surface area contributed by atoms with E-state index >= 15 is 0 Å². The molecule has 1 aliphatic heterocycles. The zero-order valence-corrected chi connectivity index (χ0v) is 15.3. The van der Waals surface area contributed by atoms with Gasteiger partial charge in [0.05, 0.1) is 28.5 Å². The molecule has 1 N–H and O–H groups in total. The van der Waals surface area contributed by atoms with Crippen molar-refractivity contribution in [2.45, 2.75) is 32.4 Å². The highest BCUT2D eigenvalue weighted by Gasteiger charge is 2.30. The quantitative estimate of drug-likeness (QED) is 0.583. The van der Waals surface area contributed by atoms with Gasteiger partial charge in [-0.1, -0.05) is 17.3 Å². The first kappa shape index (κ1) is 15.7. The minimum atomic E-state index is 0.264. The van der Waals surface area contributed by atoms with E-state index in [0.29, 0.717) is 18.3 Å². The van der Waals surface area contributed by atoms with Crippen molar-refractivity contribution in [1.82, 2.24) is 25.0 Å². The molecule has 7 heteroatoms. The van der Waals surface area contributed by atoms with Gasteiger partial charge in [0.15, 0.2) is 0 Å². The number of aromatic amines is 1. The molecule has 0 spiro atoms. The Kier molecular flexibility index (Phi) is 3.83. The third-order valence-corrected chi connectivity index (χ3v) is 5.75. The number of H-pyrrole nitrogens is 1. The molecule has 1 saturated heterocycles. The average molecular weight is 365 g/mol. The Morgan fingerprint density at radius 3 is 3.15 bits per heavy atom. The number of hydrogen-bond acceptors (Lipinski definition) is 6. The van der Waals surface area contributed by atoms with Crippen molar-refractivity contribution in [3.8, 4) is 10.7 Å². The van der Waals surface area contributed by atoms with Gasteiger partial charge < -0.3 is 9.51 Å². The van der Waals surface area contributed by atoms with Crippen molar-refractivity contribution in [1.29, 1.82) is 0 Å². The molecule has 132 valence electrons. The number of benzene rings is 1. The van der Waals surface area contributed by atoms with Crippen LogP contribution >= 0.6 is 11.3 Å². The number of imidazole rings is 1. The fourth-order valence-corrected chi connectivity index (χ4v) is 4.27. The lowest BCUT2D eigenvalue weighted by Gasteiger charge is -2.20. The minimum Gasteiger partial charge on any atom is -0.341 e. The van der Waals surface area contributed by atoms with Crippen molar-refractivity contribution in [2.75, 3.05) is 6.54 Å². The number of aromatic nitrogens is 4. The first-order chi connectivity index (χ1) is 12.8. The first-order valence-electron chi connectivity index (χ1n) is 8.83. The number of nitrogens with zero attached hydrogens (tertiary/aromatic N) is 4. The number of hydrogen-bond donors (Lipinski definition) is 1. The first-order valence-corrected chi connectivity index (χ1v) is 9.71. The zero-order chi connectivity index (χ0) is 17.5. The van der Waals surface area contributed by atoms with Gasteiger partial charge in [0, 0.05) is 0 Å². The molecule has 3 aromatic heterocycles. The highest BCUT2D eigenvalue weighted by molar-refractivity contribution is 7.13. The van der Waals surface area contributed by atoms with Gasteiger partial charge in [-0.15, -0.1) is 11.3 Å². The lowest BCUT2D eigenvalue weighted by atomic mass is 10.2. The molecule has 0 saturated carbocycles. The van der Waals surface area contributed by atoms with Crippen LogP contribution in [0.15, 0.2) is 40.2 Å². The second-order valence-corrected chi connectivity index (χ2v) is 7.71. The van der Waals surface area contributed by atoms with Crippen LogP contribution in [0.4, 0.5) is 0 Å². The SMILES string of the molecule is Cc1ccc2nc([C@H]3CCCN3Cc3nc(-c4cccs4)no3)[nH]c2c1. The van der Waals surface area contributed by atoms with Crippen molar-refractivity contribution in [3.05, 3.63) is 53.0 Å².